The largest absolute Gasteiger partial charge is 0.401 e. The number of carbonyl (C=O) groups is 1. The van der Waals surface area contributed by atoms with Gasteiger partial charge in [-0.15, -0.1) is 0 Å². The zero-order valence-electron chi connectivity index (χ0n) is 7.98. The van der Waals surface area contributed by atoms with E-state index in [0.717, 1.165) is 4.90 Å². The Bertz CT molecular complexity index is 179. The van der Waals surface area contributed by atoms with Gasteiger partial charge in [0.2, 0.25) is 0 Å². The first-order valence-corrected chi connectivity index (χ1v) is 3.99. The van der Waals surface area contributed by atoms with Crippen LogP contribution in [0.25, 0.3) is 0 Å². The average Bonchev–Trinajstić information content (AvgIpc) is 1.81. The summed E-state index contributed by atoms with van der Waals surface area (Å²) in [4.78, 5) is 11.7. The number of carbonyl (C=O) groups excluding carboxylic acids is 1. The molecule has 0 N–H and O–H groups in total. The molecule has 0 aliphatic carbocycles. The van der Waals surface area contributed by atoms with Gasteiger partial charge in [0.15, 0.2) is 0 Å². The molecule has 5 heteroatoms. The molecule has 0 saturated heterocycles. The van der Waals surface area contributed by atoms with Gasteiger partial charge in [-0.2, -0.15) is 13.2 Å². The second kappa shape index (κ2) is 4.60. The summed E-state index contributed by atoms with van der Waals surface area (Å²) in [6.07, 6.45) is -4.04. The van der Waals surface area contributed by atoms with Gasteiger partial charge in [0.25, 0.3) is 0 Å². The highest BCUT2D eigenvalue weighted by Crippen LogP contribution is 2.17. The first-order chi connectivity index (χ1) is 5.72. The minimum Gasteiger partial charge on any atom is -0.300 e. The van der Waals surface area contributed by atoms with Crippen LogP contribution in [0.5, 0.6) is 0 Å². The van der Waals surface area contributed by atoms with Crippen LogP contribution in [0, 0.1) is 0 Å². The fraction of sp³-hybridized carbons (Fsp3) is 0.875. The van der Waals surface area contributed by atoms with Gasteiger partial charge in [-0.25, -0.2) is 0 Å². The summed E-state index contributed by atoms with van der Waals surface area (Å²) >= 11 is 0. The molecule has 78 valence electrons. The van der Waals surface area contributed by atoms with Crippen molar-refractivity contribution >= 4 is 5.78 Å². The summed E-state index contributed by atoms with van der Waals surface area (Å²) < 4.78 is 35.6. The Balaban J connectivity index is 3.96. The highest BCUT2D eigenvalue weighted by atomic mass is 19.4. The second-order valence-electron chi connectivity index (χ2n) is 3.29. The van der Waals surface area contributed by atoms with Crippen molar-refractivity contribution in [3.63, 3.8) is 0 Å². The molecule has 0 fully saturated rings. The highest BCUT2D eigenvalue weighted by molar-refractivity contribution is 5.76. The van der Waals surface area contributed by atoms with Crippen molar-refractivity contribution in [2.45, 2.75) is 32.5 Å². The Hall–Kier alpha value is -0.580. The van der Waals surface area contributed by atoms with Crippen LogP contribution in [0.4, 0.5) is 13.2 Å². The standard InChI is InChI=1S/C8H14F3NO/c1-6(4-7(2)13)12(3)5-8(9,10)11/h6H,4-5H2,1-3H3. The van der Waals surface area contributed by atoms with E-state index in [0.29, 0.717) is 0 Å². The molecule has 1 atom stereocenters. The number of hydrogen-bond acceptors (Lipinski definition) is 2. The fourth-order valence-corrected chi connectivity index (χ4v) is 1.01. The van der Waals surface area contributed by atoms with E-state index in [1.165, 1.54) is 14.0 Å². The number of ketones is 1. The third-order valence-corrected chi connectivity index (χ3v) is 1.76. The number of hydrogen-bond donors (Lipinski definition) is 0. The van der Waals surface area contributed by atoms with Crippen molar-refractivity contribution in [2.75, 3.05) is 13.6 Å². The number of Topliss-reactive ketones (excluding diaryl/α,β-unsaturated/α-hetero) is 1. The van der Waals surface area contributed by atoms with Gasteiger partial charge < -0.3 is 0 Å². The Morgan fingerprint density at radius 3 is 2.23 bits per heavy atom. The van der Waals surface area contributed by atoms with Gasteiger partial charge in [0, 0.05) is 12.5 Å². The van der Waals surface area contributed by atoms with Crippen LogP contribution in [0.15, 0.2) is 0 Å². The Kier molecular flexibility index (Phi) is 4.39. The Labute approximate surface area is 75.7 Å². The molecule has 0 aliphatic rings. The van der Waals surface area contributed by atoms with Crippen molar-refractivity contribution < 1.29 is 18.0 Å². The van der Waals surface area contributed by atoms with E-state index in [1.807, 2.05) is 0 Å². The third-order valence-electron chi connectivity index (χ3n) is 1.76. The van der Waals surface area contributed by atoms with Crippen molar-refractivity contribution in [2.24, 2.45) is 0 Å². The van der Waals surface area contributed by atoms with E-state index in [1.54, 1.807) is 6.92 Å². The highest BCUT2D eigenvalue weighted by Gasteiger charge is 2.30. The second-order valence-corrected chi connectivity index (χ2v) is 3.29. The number of nitrogens with zero attached hydrogens (tertiary/aromatic N) is 1. The third kappa shape index (κ3) is 6.57. The van der Waals surface area contributed by atoms with E-state index in [2.05, 4.69) is 0 Å². The Morgan fingerprint density at radius 1 is 1.46 bits per heavy atom. The van der Waals surface area contributed by atoms with Crippen molar-refractivity contribution in [3.8, 4) is 0 Å². The number of rotatable bonds is 4. The maximum atomic E-state index is 11.9. The van der Waals surface area contributed by atoms with Gasteiger partial charge in [-0.3, -0.25) is 9.69 Å². The summed E-state index contributed by atoms with van der Waals surface area (Å²) in [7, 11) is 1.36. The van der Waals surface area contributed by atoms with Crippen LogP contribution >= 0.6 is 0 Å². The summed E-state index contributed by atoms with van der Waals surface area (Å²) in [6.45, 7) is 2.01. The fourth-order valence-electron chi connectivity index (χ4n) is 1.01. The van der Waals surface area contributed by atoms with Crippen LogP contribution in [-0.4, -0.2) is 36.5 Å². The van der Waals surface area contributed by atoms with Crippen LogP contribution < -0.4 is 0 Å². The van der Waals surface area contributed by atoms with Crippen molar-refractivity contribution in [3.05, 3.63) is 0 Å². The van der Waals surface area contributed by atoms with E-state index >= 15 is 0 Å². The zero-order valence-corrected chi connectivity index (χ0v) is 7.98. The lowest BCUT2D eigenvalue weighted by Crippen LogP contribution is -2.38. The molecule has 0 aromatic rings. The lowest BCUT2D eigenvalue weighted by Gasteiger charge is -2.24. The van der Waals surface area contributed by atoms with Crippen LogP contribution in [0.1, 0.15) is 20.3 Å². The lowest BCUT2D eigenvalue weighted by molar-refractivity contribution is -0.148. The maximum Gasteiger partial charge on any atom is 0.401 e. The van der Waals surface area contributed by atoms with E-state index in [-0.39, 0.29) is 18.2 Å². The van der Waals surface area contributed by atoms with Gasteiger partial charge in [-0.05, 0) is 20.9 Å². The predicted octanol–water partition coefficient (Wildman–Crippen LogP) is 1.85. The number of alkyl halides is 3. The zero-order chi connectivity index (χ0) is 10.6. The minimum absolute atomic E-state index is 0.0958. The molecule has 0 saturated carbocycles. The Morgan fingerprint density at radius 2 is 1.92 bits per heavy atom. The van der Waals surface area contributed by atoms with E-state index in [4.69, 9.17) is 0 Å². The monoisotopic (exact) mass is 197 g/mol. The molecule has 0 aromatic carbocycles. The molecule has 0 spiro atoms. The summed E-state index contributed by atoms with van der Waals surface area (Å²) in [5.74, 6) is -0.0958. The summed E-state index contributed by atoms with van der Waals surface area (Å²) in [5, 5.41) is 0. The van der Waals surface area contributed by atoms with Crippen LogP contribution in [0.3, 0.4) is 0 Å². The predicted molar refractivity (Wildman–Crippen MR) is 43.4 cm³/mol. The molecule has 0 amide bonds. The molecule has 2 nitrogen and oxygen atoms in total. The van der Waals surface area contributed by atoms with Gasteiger partial charge in [0.1, 0.15) is 5.78 Å². The normalized spacial score (nSPS) is 14.7. The van der Waals surface area contributed by atoms with E-state index < -0.39 is 12.7 Å². The molecule has 0 radical (unpaired) electrons. The van der Waals surface area contributed by atoms with Crippen LogP contribution in [-0.2, 0) is 4.79 Å². The molecular formula is C8H14F3NO. The lowest BCUT2D eigenvalue weighted by atomic mass is 10.1. The minimum atomic E-state index is -4.19. The SMILES string of the molecule is CC(=O)CC(C)N(C)CC(F)(F)F. The van der Waals surface area contributed by atoms with Gasteiger partial charge >= 0.3 is 6.18 Å². The molecule has 0 aromatic heterocycles. The first-order valence-electron chi connectivity index (χ1n) is 3.99. The molecule has 0 rings (SSSR count). The number of halogens is 3. The molecule has 1 unspecified atom stereocenters. The summed E-state index contributed by atoms with van der Waals surface area (Å²) in [6, 6.07) is -0.362. The molecule has 13 heavy (non-hydrogen) atoms. The van der Waals surface area contributed by atoms with E-state index in [9.17, 15) is 18.0 Å². The molecule has 0 heterocycles. The topological polar surface area (TPSA) is 20.3 Å². The average molecular weight is 197 g/mol. The van der Waals surface area contributed by atoms with Crippen molar-refractivity contribution in [1.29, 1.82) is 0 Å². The maximum absolute atomic E-state index is 11.9. The quantitative estimate of drug-likeness (QED) is 0.685. The molecule has 0 bridgehead atoms. The molecule has 0 aliphatic heterocycles. The first kappa shape index (κ1) is 12.4. The van der Waals surface area contributed by atoms with Gasteiger partial charge in [-0.1, -0.05) is 0 Å². The van der Waals surface area contributed by atoms with Crippen LogP contribution in [0.2, 0.25) is 0 Å². The van der Waals surface area contributed by atoms with Gasteiger partial charge in [0.05, 0.1) is 6.54 Å². The molecular weight excluding hydrogens is 183 g/mol. The van der Waals surface area contributed by atoms with Crippen molar-refractivity contribution in [1.82, 2.24) is 4.90 Å². The smallest absolute Gasteiger partial charge is 0.300 e. The summed E-state index contributed by atoms with van der Waals surface area (Å²) in [5.41, 5.74) is 0.